The van der Waals surface area contributed by atoms with Crippen LogP contribution in [-0.2, 0) is 22.7 Å². The summed E-state index contributed by atoms with van der Waals surface area (Å²) in [5.74, 6) is 1.02. The number of hydrogen-bond acceptors (Lipinski definition) is 7. The molecule has 0 spiro atoms. The fraction of sp³-hybridized carbons (Fsp3) is 0.304. The first-order chi connectivity index (χ1) is 15.5. The Morgan fingerprint density at radius 1 is 1.09 bits per heavy atom. The van der Waals surface area contributed by atoms with Crippen molar-refractivity contribution in [2.24, 2.45) is 0 Å². The zero-order valence-corrected chi connectivity index (χ0v) is 19.1. The average molecular weight is 455 g/mol. The summed E-state index contributed by atoms with van der Waals surface area (Å²) in [7, 11) is 0. The number of rotatable bonds is 10. The Labute approximate surface area is 191 Å². The lowest BCUT2D eigenvalue weighted by Gasteiger charge is -2.10. The molecule has 0 aliphatic carbocycles. The molecule has 8 nitrogen and oxygen atoms in total. The highest BCUT2D eigenvalue weighted by atomic mass is 32.2. The Bertz CT molecular complexity index is 1080. The number of carbonyl (C=O) groups excluding carboxylic acids is 2. The van der Waals surface area contributed by atoms with Crippen LogP contribution in [0.2, 0.25) is 0 Å². The van der Waals surface area contributed by atoms with E-state index in [1.165, 1.54) is 11.8 Å². The van der Waals surface area contributed by atoms with Gasteiger partial charge in [-0.05, 0) is 50.6 Å². The number of aromatic nitrogens is 3. The molecule has 3 aromatic rings. The van der Waals surface area contributed by atoms with Gasteiger partial charge in [0.05, 0.1) is 17.9 Å². The van der Waals surface area contributed by atoms with E-state index in [0.717, 1.165) is 11.3 Å². The molecule has 3 rings (SSSR count). The fourth-order valence-electron chi connectivity index (χ4n) is 2.98. The highest BCUT2D eigenvalue weighted by molar-refractivity contribution is 7.99. The summed E-state index contributed by atoms with van der Waals surface area (Å²) in [6.07, 6.45) is 0. The zero-order chi connectivity index (χ0) is 22.9. The van der Waals surface area contributed by atoms with Crippen LogP contribution >= 0.6 is 11.8 Å². The molecule has 1 amide bonds. The van der Waals surface area contributed by atoms with Crippen LogP contribution in [0.15, 0.2) is 53.7 Å². The second-order valence-corrected chi connectivity index (χ2v) is 7.78. The summed E-state index contributed by atoms with van der Waals surface area (Å²) in [5, 5.41) is 11.9. The number of benzene rings is 2. The van der Waals surface area contributed by atoms with Crippen LogP contribution in [0.4, 0.5) is 5.69 Å². The summed E-state index contributed by atoms with van der Waals surface area (Å²) < 4.78 is 12.8. The van der Waals surface area contributed by atoms with E-state index in [1.807, 2.05) is 42.7 Å². The van der Waals surface area contributed by atoms with Gasteiger partial charge in [-0.2, -0.15) is 0 Å². The molecule has 0 unspecified atom stereocenters. The normalized spacial score (nSPS) is 10.6. The summed E-state index contributed by atoms with van der Waals surface area (Å²) in [5.41, 5.74) is 1.97. The lowest BCUT2D eigenvalue weighted by molar-refractivity contribution is -0.113. The van der Waals surface area contributed by atoms with E-state index in [0.29, 0.717) is 42.0 Å². The number of nitrogens with one attached hydrogen (secondary N) is 1. The first-order valence-corrected chi connectivity index (χ1v) is 11.3. The largest absolute Gasteiger partial charge is 0.485 e. The molecule has 1 heterocycles. The first-order valence-electron chi connectivity index (χ1n) is 10.3. The molecule has 0 saturated heterocycles. The SMILES string of the molecule is CCOC(=O)c1cccc(NC(=O)CSc2nnc(COc3ccccc3C)n2CC)c1. The van der Waals surface area contributed by atoms with Gasteiger partial charge >= 0.3 is 5.97 Å². The van der Waals surface area contributed by atoms with Gasteiger partial charge in [-0.25, -0.2) is 4.79 Å². The van der Waals surface area contributed by atoms with Crippen molar-refractivity contribution in [2.75, 3.05) is 17.7 Å². The van der Waals surface area contributed by atoms with Crippen molar-refractivity contribution in [3.8, 4) is 5.75 Å². The second kappa shape index (κ2) is 11.3. The third kappa shape index (κ3) is 6.10. The van der Waals surface area contributed by atoms with Crippen molar-refractivity contribution >= 4 is 29.3 Å². The quantitative estimate of drug-likeness (QED) is 0.364. The molecule has 168 valence electrons. The third-order valence-corrected chi connectivity index (χ3v) is 5.52. The van der Waals surface area contributed by atoms with Gasteiger partial charge in [0.1, 0.15) is 12.4 Å². The second-order valence-electron chi connectivity index (χ2n) is 6.84. The van der Waals surface area contributed by atoms with Gasteiger partial charge in [0.2, 0.25) is 5.91 Å². The number of hydrogen-bond donors (Lipinski definition) is 1. The highest BCUT2D eigenvalue weighted by Crippen LogP contribution is 2.21. The Morgan fingerprint density at radius 2 is 1.91 bits per heavy atom. The van der Waals surface area contributed by atoms with Crippen molar-refractivity contribution in [3.05, 3.63) is 65.5 Å². The number of ether oxygens (including phenoxy) is 2. The van der Waals surface area contributed by atoms with Crippen LogP contribution < -0.4 is 10.1 Å². The number of aryl methyl sites for hydroxylation is 1. The van der Waals surface area contributed by atoms with Gasteiger partial charge in [0, 0.05) is 12.2 Å². The van der Waals surface area contributed by atoms with Gasteiger partial charge in [-0.3, -0.25) is 4.79 Å². The summed E-state index contributed by atoms with van der Waals surface area (Å²) >= 11 is 1.29. The van der Waals surface area contributed by atoms with E-state index >= 15 is 0 Å². The number of nitrogens with zero attached hydrogens (tertiary/aromatic N) is 3. The Balaban J connectivity index is 1.57. The van der Waals surface area contributed by atoms with Gasteiger partial charge in [-0.15, -0.1) is 10.2 Å². The maximum absolute atomic E-state index is 12.4. The van der Waals surface area contributed by atoms with E-state index in [-0.39, 0.29) is 11.7 Å². The smallest absolute Gasteiger partial charge is 0.338 e. The zero-order valence-electron chi connectivity index (χ0n) is 18.3. The van der Waals surface area contributed by atoms with E-state index < -0.39 is 5.97 Å². The minimum Gasteiger partial charge on any atom is -0.485 e. The highest BCUT2D eigenvalue weighted by Gasteiger charge is 2.15. The van der Waals surface area contributed by atoms with Crippen LogP contribution in [-0.4, -0.2) is 39.0 Å². The molecule has 0 fully saturated rings. The lowest BCUT2D eigenvalue weighted by Crippen LogP contribution is -2.15. The number of thioether (sulfide) groups is 1. The van der Waals surface area contributed by atoms with Crippen molar-refractivity contribution in [2.45, 2.75) is 39.1 Å². The van der Waals surface area contributed by atoms with E-state index in [4.69, 9.17) is 9.47 Å². The Hall–Kier alpha value is -3.33. The standard InChI is InChI=1S/C23H26N4O4S/c1-4-27-20(14-31-19-12-7-6-9-16(19)3)25-26-23(27)32-15-21(28)24-18-11-8-10-17(13-18)22(29)30-5-2/h6-13H,4-5,14-15H2,1-3H3,(H,24,28). The molecule has 1 aromatic heterocycles. The Morgan fingerprint density at radius 3 is 2.66 bits per heavy atom. The van der Waals surface area contributed by atoms with Gasteiger partial charge in [0.15, 0.2) is 11.0 Å². The average Bonchev–Trinajstić information content (AvgIpc) is 3.19. The van der Waals surface area contributed by atoms with Crippen molar-refractivity contribution in [1.82, 2.24) is 14.8 Å². The molecule has 0 bridgehead atoms. The Kier molecular flexibility index (Phi) is 8.27. The third-order valence-electron chi connectivity index (χ3n) is 4.55. The molecule has 0 saturated carbocycles. The molecule has 0 aliphatic heterocycles. The number of anilines is 1. The molecule has 9 heteroatoms. The van der Waals surface area contributed by atoms with Gasteiger partial charge < -0.3 is 19.4 Å². The molecular weight excluding hydrogens is 428 g/mol. The van der Waals surface area contributed by atoms with Crippen molar-refractivity contribution < 1.29 is 19.1 Å². The van der Waals surface area contributed by atoms with E-state index in [9.17, 15) is 9.59 Å². The lowest BCUT2D eigenvalue weighted by atomic mass is 10.2. The van der Waals surface area contributed by atoms with E-state index in [1.54, 1.807) is 31.2 Å². The summed E-state index contributed by atoms with van der Waals surface area (Å²) in [4.78, 5) is 24.3. The summed E-state index contributed by atoms with van der Waals surface area (Å²) in [6, 6.07) is 14.5. The first kappa shape index (κ1) is 23.3. The maximum atomic E-state index is 12.4. The molecule has 0 atom stereocenters. The van der Waals surface area contributed by atoms with Crippen LogP contribution in [0.25, 0.3) is 0 Å². The number of esters is 1. The van der Waals surface area contributed by atoms with Crippen molar-refractivity contribution in [1.29, 1.82) is 0 Å². The number of para-hydroxylation sites is 1. The van der Waals surface area contributed by atoms with Crippen LogP contribution in [0.5, 0.6) is 5.75 Å². The number of amides is 1. The minimum atomic E-state index is -0.422. The molecule has 1 N–H and O–H groups in total. The molecule has 2 aromatic carbocycles. The van der Waals surface area contributed by atoms with Crippen molar-refractivity contribution in [3.63, 3.8) is 0 Å². The maximum Gasteiger partial charge on any atom is 0.338 e. The summed E-state index contributed by atoms with van der Waals surface area (Å²) in [6.45, 7) is 6.97. The minimum absolute atomic E-state index is 0.153. The molecule has 0 radical (unpaired) electrons. The topological polar surface area (TPSA) is 95.3 Å². The number of carbonyl (C=O) groups is 2. The van der Waals surface area contributed by atoms with E-state index in [2.05, 4.69) is 15.5 Å². The molecule has 0 aliphatic rings. The van der Waals surface area contributed by atoms with Gasteiger partial charge in [0.25, 0.3) is 0 Å². The predicted octanol–water partition coefficient (Wildman–Crippen LogP) is 4.09. The molecular formula is C23H26N4O4S. The molecule has 32 heavy (non-hydrogen) atoms. The van der Waals surface area contributed by atoms with Gasteiger partial charge in [-0.1, -0.05) is 36.0 Å². The van der Waals surface area contributed by atoms with Crippen LogP contribution in [0, 0.1) is 6.92 Å². The van der Waals surface area contributed by atoms with Crippen LogP contribution in [0.1, 0.15) is 35.6 Å². The van der Waals surface area contributed by atoms with Crippen LogP contribution in [0.3, 0.4) is 0 Å². The fourth-order valence-corrected chi connectivity index (χ4v) is 3.80. The monoisotopic (exact) mass is 454 g/mol. The predicted molar refractivity (Wildman–Crippen MR) is 123 cm³/mol.